The Hall–Kier alpha value is -2.40. The molecule has 5 heteroatoms. The Kier molecular flexibility index (Phi) is 8.63. The first kappa shape index (κ1) is 19.9. The van der Waals surface area contributed by atoms with E-state index in [0.29, 0.717) is 18.1 Å². The van der Waals surface area contributed by atoms with Crippen LogP contribution < -0.4 is 15.4 Å². The molecule has 0 aliphatic rings. The predicted molar refractivity (Wildman–Crippen MR) is 111 cm³/mol. The first-order chi connectivity index (χ1) is 12.7. The fourth-order valence-electron chi connectivity index (χ4n) is 2.48. The van der Waals surface area contributed by atoms with Gasteiger partial charge in [-0.15, -0.1) is 0 Å². The average molecular weight is 371 g/mol. The summed E-state index contributed by atoms with van der Waals surface area (Å²) in [6, 6.07) is 18.0. The van der Waals surface area contributed by atoms with Gasteiger partial charge in [0.05, 0.1) is 12.3 Å². The second kappa shape index (κ2) is 11.3. The molecule has 0 aliphatic heterocycles. The van der Waals surface area contributed by atoms with Crippen molar-refractivity contribution in [2.45, 2.75) is 39.0 Å². The molecule has 0 aromatic heterocycles. The minimum atomic E-state index is -0.0642. The van der Waals surface area contributed by atoms with Crippen LogP contribution in [0.3, 0.4) is 0 Å². The molecule has 0 fully saturated rings. The molecule has 0 saturated carbocycles. The van der Waals surface area contributed by atoms with Crippen molar-refractivity contribution in [1.82, 2.24) is 5.32 Å². The van der Waals surface area contributed by atoms with E-state index in [1.807, 2.05) is 42.5 Å². The molecule has 0 saturated heterocycles. The number of aryl methyl sites for hydroxylation is 1. The molecule has 138 valence electrons. The number of rotatable bonds is 9. The van der Waals surface area contributed by atoms with Crippen molar-refractivity contribution in [3.63, 3.8) is 0 Å². The van der Waals surface area contributed by atoms with E-state index in [4.69, 9.17) is 17.0 Å². The number of carbonyl (C=O) groups is 1. The van der Waals surface area contributed by atoms with E-state index < -0.39 is 0 Å². The van der Waals surface area contributed by atoms with Gasteiger partial charge in [-0.1, -0.05) is 55.8 Å². The Labute approximate surface area is 161 Å². The van der Waals surface area contributed by atoms with Gasteiger partial charge in [0.15, 0.2) is 5.11 Å². The second-order valence-electron chi connectivity index (χ2n) is 6.04. The minimum Gasteiger partial charge on any atom is -0.491 e. The van der Waals surface area contributed by atoms with Gasteiger partial charge in [0.1, 0.15) is 5.75 Å². The molecule has 0 radical (unpaired) electrons. The second-order valence-corrected chi connectivity index (χ2v) is 6.45. The first-order valence-electron chi connectivity index (χ1n) is 9.05. The SMILES string of the molecule is CCCCC(=O)NC(=S)Nc1ccccc1OCCCc1ccccc1. The van der Waals surface area contributed by atoms with Gasteiger partial charge in [-0.25, -0.2) is 0 Å². The van der Waals surface area contributed by atoms with Gasteiger partial charge in [0.2, 0.25) is 5.91 Å². The molecule has 0 unspecified atom stereocenters. The third-order valence-corrected chi connectivity index (χ3v) is 4.06. The number of unbranched alkanes of at least 4 members (excludes halogenated alkanes) is 1. The molecular weight excluding hydrogens is 344 g/mol. The van der Waals surface area contributed by atoms with E-state index >= 15 is 0 Å². The molecule has 0 spiro atoms. The number of amides is 1. The number of carbonyl (C=O) groups excluding carboxylic acids is 1. The summed E-state index contributed by atoms with van der Waals surface area (Å²) in [6.45, 7) is 2.67. The number of hydrogen-bond donors (Lipinski definition) is 2. The average Bonchev–Trinajstić information content (AvgIpc) is 2.65. The maximum absolute atomic E-state index is 11.8. The zero-order valence-corrected chi connectivity index (χ0v) is 16.0. The largest absolute Gasteiger partial charge is 0.491 e. The van der Waals surface area contributed by atoms with Gasteiger partial charge >= 0.3 is 0 Å². The molecule has 0 heterocycles. The summed E-state index contributed by atoms with van der Waals surface area (Å²) in [5.74, 6) is 0.663. The van der Waals surface area contributed by atoms with E-state index in [1.54, 1.807) is 0 Å². The highest BCUT2D eigenvalue weighted by Crippen LogP contribution is 2.24. The third kappa shape index (κ3) is 7.23. The minimum absolute atomic E-state index is 0.0642. The topological polar surface area (TPSA) is 50.4 Å². The lowest BCUT2D eigenvalue weighted by molar-refractivity contribution is -0.119. The molecule has 2 rings (SSSR count). The number of anilines is 1. The number of hydrogen-bond acceptors (Lipinski definition) is 3. The Morgan fingerprint density at radius 3 is 2.54 bits per heavy atom. The lowest BCUT2D eigenvalue weighted by atomic mass is 10.1. The summed E-state index contributed by atoms with van der Waals surface area (Å²) in [6.07, 6.45) is 4.22. The number of nitrogens with one attached hydrogen (secondary N) is 2. The summed E-state index contributed by atoms with van der Waals surface area (Å²) < 4.78 is 5.89. The lowest BCUT2D eigenvalue weighted by Gasteiger charge is -2.14. The predicted octanol–water partition coefficient (Wildman–Crippen LogP) is 4.70. The number of benzene rings is 2. The lowest BCUT2D eigenvalue weighted by Crippen LogP contribution is -2.34. The molecular formula is C21H26N2O2S. The van der Waals surface area contributed by atoms with Gasteiger partial charge < -0.3 is 15.4 Å². The van der Waals surface area contributed by atoms with Crippen molar-refractivity contribution < 1.29 is 9.53 Å². The highest BCUT2D eigenvalue weighted by atomic mass is 32.1. The van der Waals surface area contributed by atoms with Crippen molar-refractivity contribution in [2.24, 2.45) is 0 Å². The zero-order chi connectivity index (χ0) is 18.6. The van der Waals surface area contributed by atoms with Crippen molar-refractivity contribution in [3.8, 4) is 5.75 Å². The number of para-hydroxylation sites is 2. The Morgan fingerprint density at radius 1 is 1.04 bits per heavy atom. The van der Waals surface area contributed by atoms with Gasteiger partial charge in [-0.05, 0) is 49.2 Å². The van der Waals surface area contributed by atoms with Crippen LogP contribution in [0.5, 0.6) is 5.75 Å². The van der Waals surface area contributed by atoms with E-state index in [0.717, 1.165) is 37.1 Å². The summed E-state index contributed by atoms with van der Waals surface area (Å²) in [5, 5.41) is 6.05. The van der Waals surface area contributed by atoms with Crippen LogP contribution in [0.15, 0.2) is 54.6 Å². The molecule has 0 atom stereocenters. The van der Waals surface area contributed by atoms with E-state index in [2.05, 4.69) is 29.7 Å². The fraction of sp³-hybridized carbons (Fsp3) is 0.333. The standard InChI is InChI=1S/C21H26N2O2S/c1-2-3-15-20(24)23-21(26)22-18-13-7-8-14-19(18)25-16-9-12-17-10-5-4-6-11-17/h4-8,10-11,13-14H,2-3,9,12,15-16H2,1H3,(H2,22,23,24,26). The first-order valence-corrected chi connectivity index (χ1v) is 9.46. The van der Waals surface area contributed by atoms with Gasteiger partial charge in [0, 0.05) is 6.42 Å². The van der Waals surface area contributed by atoms with Crippen LogP contribution in [0.25, 0.3) is 0 Å². The molecule has 2 aromatic carbocycles. The van der Waals surface area contributed by atoms with Crippen LogP contribution in [0.1, 0.15) is 38.2 Å². The Bertz CT molecular complexity index is 704. The van der Waals surface area contributed by atoms with Crippen molar-refractivity contribution in [2.75, 3.05) is 11.9 Å². The third-order valence-electron chi connectivity index (χ3n) is 3.86. The molecule has 2 aromatic rings. The van der Waals surface area contributed by atoms with Crippen LogP contribution in [0.2, 0.25) is 0 Å². The molecule has 2 N–H and O–H groups in total. The maximum Gasteiger partial charge on any atom is 0.226 e. The van der Waals surface area contributed by atoms with Crippen LogP contribution in [-0.2, 0) is 11.2 Å². The Morgan fingerprint density at radius 2 is 1.77 bits per heavy atom. The van der Waals surface area contributed by atoms with Crippen molar-refractivity contribution >= 4 is 28.9 Å². The summed E-state index contributed by atoms with van der Waals surface area (Å²) in [4.78, 5) is 11.8. The summed E-state index contributed by atoms with van der Waals surface area (Å²) in [5.41, 5.74) is 2.06. The molecule has 4 nitrogen and oxygen atoms in total. The molecule has 26 heavy (non-hydrogen) atoms. The van der Waals surface area contributed by atoms with Crippen LogP contribution in [-0.4, -0.2) is 17.6 Å². The normalized spacial score (nSPS) is 10.2. The molecule has 0 bridgehead atoms. The van der Waals surface area contributed by atoms with Crippen LogP contribution in [0.4, 0.5) is 5.69 Å². The van der Waals surface area contributed by atoms with Gasteiger partial charge in [-0.2, -0.15) is 0 Å². The van der Waals surface area contributed by atoms with Crippen LogP contribution >= 0.6 is 12.2 Å². The van der Waals surface area contributed by atoms with Crippen molar-refractivity contribution in [3.05, 3.63) is 60.2 Å². The maximum atomic E-state index is 11.8. The van der Waals surface area contributed by atoms with Crippen LogP contribution in [0, 0.1) is 0 Å². The van der Waals surface area contributed by atoms with E-state index in [-0.39, 0.29) is 5.91 Å². The number of ether oxygens (including phenoxy) is 1. The quantitative estimate of drug-likeness (QED) is 0.496. The van der Waals surface area contributed by atoms with Gasteiger partial charge in [-0.3, -0.25) is 4.79 Å². The smallest absolute Gasteiger partial charge is 0.226 e. The fourth-order valence-corrected chi connectivity index (χ4v) is 2.70. The van der Waals surface area contributed by atoms with Crippen molar-refractivity contribution in [1.29, 1.82) is 0 Å². The summed E-state index contributed by atoms with van der Waals surface area (Å²) in [7, 11) is 0. The molecule has 1 amide bonds. The van der Waals surface area contributed by atoms with E-state index in [1.165, 1.54) is 5.56 Å². The summed E-state index contributed by atoms with van der Waals surface area (Å²) >= 11 is 5.22. The highest BCUT2D eigenvalue weighted by Gasteiger charge is 2.08. The van der Waals surface area contributed by atoms with E-state index in [9.17, 15) is 4.79 Å². The van der Waals surface area contributed by atoms with Gasteiger partial charge in [0.25, 0.3) is 0 Å². The zero-order valence-electron chi connectivity index (χ0n) is 15.2. The highest BCUT2D eigenvalue weighted by molar-refractivity contribution is 7.80. The molecule has 0 aliphatic carbocycles. The Balaban J connectivity index is 1.81. The monoisotopic (exact) mass is 370 g/mol. The number of thiocarbonyl (C=S) groups is 1.